The van der Waals surface area contributed by atoms with Gasteiger partial charge in [-0.1, -0.05) is 30.3 Å². The van der Waals surface area contributed by atoms with Crippen molar-refractivity contribution >= 4 is 5.96 Å². The van der Waals surface area contributed by atoms with Gasteiger partial charge >= 0.3 is 0 Å². The quantitative estimate of drug-likeness (QED) is 0.568. The fourth-order valence-electron chi connectivity index (χ4n) is 3.13. The molecule has 0 aliphatic carbocycles. The lowest BCUT2D eigenvalue weighted by Gasteiger charge is -2.18. The van der Waals surface area contributed by atoms with Gasteiger partial charge in [0.25, 0.3) is 0 Å². The van der Waals surface area contributed by atoms with Crippen LogP contribution in [0.3, 0.4) is 0 Å². The maximum Gasteiger partial charge on any atom is 0.191 e. The molecule has 0 saturated carbocycles. The summed E-state index contributed by atoms with van der Waals surface area (Å²) in [5.41, 5.74) is 3.35. The highest BCUT2D eigenvalue weighted by Crippen LogP contribution is 2.24. The molecule has 0 spiro atoms. The van der Waals surface area contributed by atoms with Gasteiger partial charge in [0.1, 0.15) is 17.6 Å². The highest BCUT2D eigenvalue weighted by atomic mass is 16.5. The van der Waals surface area contributed by atoms with Gasteiger partial charge < -0.3 is 24.8 Å². The molecule has 1 aliphatic rings. The first-order valence-electron chi connectivity index (χ1n) is 9.60. The van der Waals surface area contributed by atoms with Gasteiger partial charge in [0.2, 0.25) is 0 Å². The molecule has 1 heterocycles. The van der Waals surface area contributed by atoms with E-state index in [-0.39, 0.29) is 6.10 Å². The van der Waals surface area contributed by atoms with Gasteiger partial charge in [-0.3, -0.25) is 4.99 Å². The molecule has 6 heteroatoms. The van der Waals surface area contributed by atoms with Crippen molar-refractivity contribution in [3.63, 3.8) is 0 Å². The Kier molecular flexibility index (Phi) is 7.14. The molecule has 1 aliphatic heterocycles. The molecule has 28 heavy (non-hydrogen) atoms. The highest BCUT2D eigenvalue weighted by molar-refractivity contribution is 5.79. The van der Waals surface area contributed by atoms with Crippen molar-refractivity contribution in [2.24, 2.45) is 4.99 Å². The lowest BCUT2D eigenvalue weighted by Crippen LogP contribution is -2.36. The van der Waals surface area contributed by atoms with E-state index in [0.29, 0.717) is 19.7 Å². The van der Waals surface area contributed by atoms with E-state index in [9.17, 15) is 0 Å². The van der Waals surface area contributed by atoms with E-state index >= 15 is 0 Å². The SMILES string of the molecule is CN=C(NCc1ccccc1OC)NCc1ccc(C)cc1OC1CCOC1. The number of methoxy groups -OCH3 is 1. The van der Waals surface area contributed by atoms with Crippen LogP contribution in [0.25, 0.3) is 0 Å². The van der Waals surface area contributed by atoms with Gasteiger partial charge in [-0.05, 0) is 24.6 Å². The molecular formula is C22H29N3O3. The molecule has 1 unspecified atom stereocenters. The molecule has 0 aromatic heterocycles. The van der Waals surface area contributed by atoms with Gasteiger partial charge in [0, 0.05) is 37.7 Å². The number of rotatable bonds is 7. The van der Waals surface area contributed by atoms with E-state index in [1.54, 1.807) is 14.2 Å². The number of benzene rings is 2. The second-order valence-corrected chi connectivity index (χ2v) is 6.81. The molecule has 2 N–H and O–H groups in total. The van der Waals surface area contributed by atoms with Gasteiger partial charge in [-0.2, -0.15) is 0 Å². The Hall–Kier alpha value is -2.73. The third-order valence-electron chi connectivity index (χ3n) is 4.71. The van der Waals surface area contributed by atoms with Crippen LogP contribution in [0.4, 0.5) is 0 Å². The van der Waals surface area contributed by atoms with Gasteiger partial charge in [-0.25, -0.2) is 0 Å². The van der Waals surface area contributed by atoms with Crippen LogP contribution in [0.2, 0.25) is 0 Å². The summed E-state index contributed by atoms with van der Waals surface area (Å²) in [7, 11) is 3.44. The Bertz CT molecular complexity index is 801. The molecule has 0 amide bonds. The number of guanidine groups is 1. The Morgan fingerprint density at radius 1 is 1.11 bits per heavy atom. The Balaban J connectivity index is 1.60. The van der Waals surface area contributed by atoms with E-state index in [4.69, 9.17) is 14.2 Å². The normalized spacial score (nSPS) is 16.7. The second kappa shape index (κ2) is 9.99. The number of hydrogen-bond acceptors (Lipinski definition) is 4. The Labute approximate surface area is 166 Å². The Morgan fingerprint density at radius 2 is 1.86 bits per heavy atom. The molecule has 1 atom stereocenters. The highest BCUT2D eigenvalue weighted by Gasteiger charge is 2.18. The number of aliphatic imine (C=N–C) groups is 1. The monoisotopic (exact) mass is 383 g/mol. The standard InChI is InChI=1S/C22H29N3O3/c1-16-8-9-18(21(12-16)28-19-10-11-27-15-19)14-25-22(23-2)24-13-17-6-4-5-7-20(17)26-3/h4-9,12,19H,10-11,13-15H2,1-3H3,(H2,23,24,25). The minimum absolute atomic E-state index is 0.128. The molecule has 2 aromatic carbocycles. The second-order valence-electron chi connectivity index (χ2n) is 6.81. The zero-order valence-electron chi connectivity index (χ0n) is 16.8. The molecule has 1 saturated heterocycles. The lowest BCUT2D eigenvalue weighted by molar-refractivity contribution is 0.140. The molecular weight excluding hydrogens is 354 g/mol. The maximum atomic E-state index is 6.17. The van der Waals surface area contributed by atoms with E-state index < -0.39 is 0 Å². The van der Waals surface area contributed by atoms with E-state index in [1.807, 2.05) is 24.3 Å². The lowest BCUT2D eigenvalue weighted by atomic mass is 10.1. The molecule has 0 bridgehead atoms. The van der Waals surface area contributed by atoms with Crippen molar-refractivity contribution in [2.45, 2.75) is 32.5 Å². The van der Waals surface area contributed by atoms with Crippen molar-refractivity contribution in [2.75, 3.05) is 27.4 Å². The molecule has 3 rings (SSSR count). The minimum Gasteiger partial charge on any atom is -0.496 e. The summed E-state index contributed by atoms with van der Waals surface area (Å²) in [5.74, 6) is 2.49. The van der Waals surface area contributed by atoms with Crippen LogP contribution in [-0.2, 0) is 17.8 Å². The fourth-order valence-corrected chi connectivity index (χ4v) is 3.13. The number of hydrogen-bond donors (Lipinski definition) is 2. The first kappa shape index (κ1) is 20.0. The summed E-state index contributed by atoms with van der Waals surface area (Å²) in [4.78, 5) is 4.32. The Morgan fingerprint density at radius 3 is 2.54 bits per heavy atom. The van der Waals surface area contributed by atoms with E-state index in [1.165, 1.54) is 5.56 Å². The maximum absolute atomic E-state index is 6.17. The summed E-state index contributed by atoms with van der Waals surface area (Å²) in [6, 6.07) is 14.2. The summed E-state index contributed by atoms with van der Waals surface area (Å²) in [5, 5.41) is 6.70. The summed E-state index contributed by atoms with van der Waals surface area (Å²) >= 11 is 0. The van der Waals surface area contributed by atoms with Crippen LogP contribution in [0.5, 0.6) is 11.5 Å². The van der Waals surface area contributed by atoms with Gasteiger partial charge in [0.05, 0.1) is 20.3 Å². The topological polar surface area (TPSA) is 64.1 Å². The van der Waals surface area contributed by atoms with E-state index in [2.05, 4.69) is 40.7 Å². The first-order valence-corrected chi connectivity index (χ1v) is 9.60. The largest absolute Gasteiger partial charge is 0.496 e. The third kappa shape index (κ3) is 5.39. The van der Waals surface area contributed by atoms with Crippen LogP contribution in [0.15, 0.2) is 47.5 Å². The van der Waals surface area contributed by atoms with Crippen molar-refractivity contribution in [1.29, 1.82) is 0 Å². The molecule has 150 valence electrons. The van der Waals surface area contributed by atoms with E-state index in [0.717, 1.165) is 41.6 Å². The number of nitrogens with zero attached hydrogens (tertiary/aromatic N) is 1. The zero-order chi connectivity index (χ0) is 19.8. The summed E-state index contributed by atoms with van der Waals surface area (Å²) in [6.45, 7) is 4.74. The molecule has 0 radical (unpaired) electrons. The smallest absolute Gasteiger partial charge is 0.191 e. The van der Waals surface area contributed by atoms with Crippen molar-refractivity contribution in [3.05, 3.63) is 59.2 Å². The molecule has 2 aromatic rings. The fraction of sp³-hybridized carbons (Fsp3) is 0.409. The molecule has 6 nitrogen and oxygen atoms in total. The van der Waals surface area contributed by atoms with Crippen LogP contribution < -0.4 is 20.1 Å². The number of ether oxygens (including phenoxy) is 3. The van der Waals surface area contributed by atoms with Gasteiger partial charge in [-0.15, -0.1) is 0 Å². The van der Waals surface area contributed by atoms with Crippen molar-refractivity contribution in [3.8, 4) is 11.5 Å². The van der Waals surface area contributed by atoms with Crippen LogP contribution >= 0.6 is 0 Å². The average Bonchev–Trinajstić information content (AvgIpc) is 3.22. The first-order chi connectivity index (χ1) is 13.7. The van der Waals surface area contributed by atoms with Crippen molar-refractivity contribution < 1.29 is 14.2 Å². The summed E-state index contributed by atoms with van der Waals surface area (Å²) < 4.78 is 17.0. The predicted octanol–water partition coefficient (Wildman–Crippen LogP) is 3.04. The van der Waals surface area contributed by atoms with Crippen molar-refractivity contribution in [1.82, 2.24) is 10.6 Å². The number of para-hydroxylation sites is 1. The minimum atomic E-state index is 0.128. The third-order valence-corrected chi connectivity index (χ3v) is 4.71. The van der Waals surface area contributed by atoms with Crippen LogP contribution in [0, 0.1) is 6.92 Å². The van der Waals surface area contributed by atoms with Crippen LogP contribution in [0.1, 0.15) is 23.1 Å². The van der Waals surface area contributed by atoms with Crippen LogP contribution in [-0.4, -0.2) is 39.4 Å². The predicted molar refractivity (Wildman–Crippen MR) is 111 cm³/mol. The number of nitrogens with one attached hydrogen (secondary N) is 2. The summed E-state index contributed by atoms with van der Waals surface area (Å²) in [6.07, 6.45) is 1.06. The average molecular weight is 383 g/mol. The zero-order valence-corrected chi connectivity index (χ0v) is 16.8. The molecule has 1 fully saturated rings. The van der Waals surface area contributed by atoms with Gasteiger partial charge in [0.15, 0.2) is 5.96 Å². The number of aryl methyl sites for hydroxylation is 1.